The molecular weight excluding hydrogens is 339 g/mol. The summed E-state index contributed by atoms with van der Waals surface area (Å²) in [5.74, 6) is -0.742. The van der Waals surface area contributed by atoms with E-state index in [0.717, 1.165) is 25.7 Å². The molecule has 1 aromatic rings. The third-order valence-electron chi connectivity index (χ3n) is 3.63. The Labute approximate surface area is 132 Å². The summed E-state index contributed by atoms with van der Waals surface area (Å²) < 4.78 is 19.4. The molecule has 0 radical (unpaired) electrons. The number of nitrogens with two attached hydrogens (primary N) is 1. The third kappa shape index (κ3) is 5.05. The van der Waals surface area contributed by atoms with Crippen molar-refractivity contribution in [1.82, 2.24) is 5.32 Å². The third-order valence-corrected chi connectivity index (χ3v) is 4.32. The number of halogens is 2. The fourth-order valence-electron chi connectivity index (χ4n) is 2.41. The molecule has 116 valence electrons. The second-order valence-corrected chi connectivity index (χ2v) is 6.14. The predicted molar refractivity (Wildman–Crippen MR) is 82.6 cm³/mol. The molecule has 0 bridgehead atoms. The highest BCUT2D eigenvalue weighted by molar-refractivity contribution is 9.10. The van der Waals surface area contributed by atoms with Crippen LogP contribution < -0.4 is 11.1 Å². The first-order chi connectivity index (χ1) is 10.1. The minimum absolute atomic E-state index is 0.239. The first-order valence-electron chi connectivity index (χ1n) is 7.16. The molecule has 0 aliphatic heterocycles. The molecule has 21 heavy (non-hydrogen) atoms. The molecule has 4 nitrogen and oxygen atoms in total. The zero-order valence-electron chi connectivity index (χ0n) is 11.8. The molecule has 0 saturated heterocycles. The Balaban J connectivity index is 1.71. The number of benzene rings is 1. The fraction of sp³-hybridized carbons (Fsp3) is 0.533. The minimum Gasteiger partial charge on any atom is -0.376 e. The van der Waals surface area contributed by atoms with Gasteiger partial charge in [-0.05, 0) is 59.8 Å². The molecule has 1 aliphatic rings. The number of rotatable bonds is 5. The van der Waals surface area contributed by atoms with Crippen LogP contribution in [-0.2, 0) is 4.74 Å². The average Bonchev–Trinajstić information content (AvgIpc) is 2.47. The smallest absolute Gasteiger partial charge is 0.252 e. The maximum atomic E-state index is 13.1. The summed E-state index contributed by atoms with van der Waals surface area (Å²) in [6.07, 6.45) is 4.18. The van der Waals surface area contributed by atoms with Crippen LogP contribution in [0.3, 0.4) is 0 Å². The Kier molecular flexibility index (Phi) is 6.14. The highest BCUT2D eigenvalue weighted by Crippen LogP contribution is 2.20. The van der Waals surface area contributed by atoms with E-state index in [1.165, 1.54) is 18.2 Å². The van der Waals surface area contributed by atoms with E-state index < -0.39 is 5.82 Å². The van der Waals surface area contributed by atoms with E-state index >= 15 is 0 Å². The van der Waals surface area contributed by atoms with Crippen molar-refractivity contribution in [1.29, 1.82) is 0 Å². The summed E-state index contributed by atoms with van der Waals surface area (Å²) in [5.41, 5.74) is 6.13. The maximum Gasteiger partial charge on any atom is 0.252 e. The quantitative estimate of drug-likeness (QED) is 0.795. The summed E-state index contributed by atoms with van der Waals surface area (Å²) in [5, 5.41) is 2.73. The predicted octanol–water partition coefficient (Wildman–Crippen LogP) is 2.60. The Bertz CT molecular complexity index is 491. The van der Waals surface area contributed by atoms with Crippen LogP contribution >= 0.6 is 15.9 Å². The van der Waals surface area contributed by atoms with Gasteiger partial charge in [-0.3, -0.25) is 4.79 Å². The van der Waals surface area contributed by atoms with Gasteiger partial charge in [0.05, 0.1) is 18.3 Å². The second kappa shape index (κ2) is 7.87. The molecule has 0 atom stereocenters. The van der Waals surface area contributed by atoms with Gasteiger partial charge < -0.3 is 15.8 Å². The average molecular weight is 359 g/mol. The molecule has 1 fully saturated rings. The number of carbonyl (C=O) groups is 1. The van der Waals surface area contributed by atoms with Gasteiger partial charge in [0.25, 0.3) is 5.91 Å². The standard InChI is InChI=1S/C15H20BrFN2O2/c16-14-6-1-10(17)9-13(14)15(20)19-7-8-21-12-4-2-11(18)3-5-12/h1,6,9,11-12H,2-5,7-8,18H2,(H,19,20). The fourth-order valence-corrected chi connectivity index (χ4v) is 2.84. The number of nitrogens with one attached hydrogen (secondary N) is 1. The van der Waals surface area contributed by atoms with Gasteiger partial charge in [0, 0.05) is 17.1 Å². The van der Waals surface area contributed by atoms with E-state index in [4.69, 9.17) is 10.5 Å². The zero-order valence-corrected chi connectivity index (χ0v) is 13.4. The number of carbonyl (C=O) groups excluding carboxylic acids is 1. The molecule has 0 heterocycles. The molecule has 0 unspecified atom stereocenters. The summed E-state index contributed by atoms with van der Waals surface area (Å²) in [4.78, 5) is 11.9. The topological polar surface area (TPSA) is 64.3 Å². The molecule has 2 rings (SSSR count). The Hall–Kier alpha value is -0.980. The lowest BCUT2D eigenvalue weighted by Gasteiger charge is -2.26. The van der Waals surface area contributed by atoms with Crippen LogP contribution in [-0.4, -0.2) is 31.2 Å². The highest BCUT2D eigenvalue weighted by Gasteiger charge is 2.18. The number of hydrogen-bond donors (Lipinski definition) is 2. The lowest BCUT2D eigenvalue weighted by atomic mass is 9.94. The van der Waals surface area contributed by atoms with Crippen molar-refractivity contribution in [3.63, 3.8) is 0 Å². The van der Waals surface area contributed by atoms with Crippen LogP contribution in [0.1, 0.15) is 36.0 Å². The summed E-state index contributed by atoms with van der Waals surface area (Å²) >= 11 is 3.24. The summed E-state index contributed by atoms with van der Waals surface area (Å²) in [6.45, 7) is 0.864. The van der Waals surface area contributed by atoms with Crippen molar-refractivity contribution < 1.29 is 13.9 Å². The van der Waals surface area contributed by atoms with E-state index in [-0.39, 0.29) is 12.0 Å². The molecule has 1 amide bonds. The van der Waals surface area contributed by atoms with Crippen LogP contribution in [0.5, 0.6) is 0 Å². The zero-order chi connectivity index (χ0) is 15.2. The highest BCUT2D eigenvalue weighted by atomic mass is 79.9. The van der Waals surface area contributed by atoms with Crippen LogP contribution in [0.15, 0.2) is 22.7 Å². The lowest BCUT2D eigenvalue weighted by molar-refractivity contribution is 0.0267. The van der Waals surface area contributed by atoms with E-state index in [1.807, 2.05) is 0 Å². The van der Waals surface area contributed by atoms with Crippen molar-refractivity contribution in [2.45, 2.75) is 37.8 Å². The monoisotopic (exact) mass is 358 g/mol. The van der Waals surface area contributed by atoms with Crippen LogP contribution in [0.25, 0.3) is 0 Å². The number of amides is 1. The largest absolute Gasteiger partial charge is 0.376 e. The second-order valence-electron chi connectivity index (χ2n) is 5.29. The van der Waals surface area contributed by atoms with Gasteiger partial charge in [-0.15, -0.1) is 0 Å². The molecule has 3 N–H and O–H groups in total. The summed E-state index contributed by atoms with van der Waals surface area (Å²) in [6, 6.07) is 4.34. The van der Waals surface area contributed by atoms with Gasteiger partial charge in [-0.2, -0.15) is 0 Å². The Morgan fingerprint density at radius 3 is 2.81 bits per heavy atom. The molecule has 1 aromatic carbocycles. The van der Waals surface area contributed by atoms with Crippen molar-refractivity contribution in [2.75, 3.05) is 13.2 Å². The van der Waals surface area contributed by atoms with Crippen LogP contribution in [0.2, 0.25) is 0 Å². The van der Waals surface area contributed by atoms with E-state index in [1.54, 1.807) is 0 Å². The first kappa shape index (κ1) is 16.4. The van der Waals surface area contributed by atoms with Gasteiger partial charge in [-0.1, -0.05) is 0 Å². The van der Waals surface area contributed by atoms with Crippen molar-refractivity contribution in [3.8, 4) is 0 Å². The van der Waals surface area contributed by atoms with Gasteiger partial charge in [0.2, 0.25) is 0 Å². The van der Waals surface area contributed by atoms with Gasteiger partial charge >= 0.3 is 0 Å². The van der Waals surface area contributed by atoms with Gasteiger partial charge in [-0.25, -0.2) is 4.39 Å². The molecule has 0 aromatic heterocycles. The lowest BCUT2D eigenvalue weighted by Crippen LogP contribution is -2.33. The number of ether oxygens (including phenoxy) is 1. The Morgan fingerprint density at radius 1 is 1.38 bits per heavy atom. The van der Waals surface area contributed by atoms with Crippen molar-refractivity contribution >= 4 is 21.8 Å². The molecular formula is C15H20BrFN2O2. The van der Waals surface area contributed by atoms with Crippen molar-refractivity contribution in [2.24, 2.45) is 5.73 Å². The number of hydrogen-bond acceptors (Lipinski definition) is 3. The SMILES string of the molecule is NC1CCC(OCCNC(=O)c2cc(F)ccc2Br)CC1. The van der Waals surface area contributed by atoms with E-state index in [2.05, 4.69) is 21.2 Å². The molecule has 0 spiro atoms. The molecule has 1 saturated carbocycles. The van der Waals surface area contributed by atoms with E-state index in [9.17, 15) is 9.18 Å². The van der Waals surface area contributed by atoms with Crippen molar-refractivity contribution in [3.05, 3.63) is 34.1 Å². The van der Waals surface area contributed by atoms with Crippen LogP contribution in [0, 0.1) is 5.82 Å². The van der Waals surface area contributed by atoms with E-state index in [0.29, 0.717) is 29.2 Å². The normalized spacial score (nSPS) is 22.0. The molecule has 1 aliphatic carbocycles. The first-order valence-corrected chi connectivity index (χ1v) is 7.96. The molecule has 6 heteroatoms. The maximum absolute atomic E-state index is 13.1. The Morgan fingerprint density at radius 2 is 2.10 bits per heavy atom. The summed E-state index contributed by atoms with van der Waals surface area (Å²) in [7, 11) is 0. The minimum atomic E-state index is -0.432. The van der Waals surface area contributed by atoms with Gasteiger partial charge in [0.1, 0.15) is 5.82 Å². The van der Waals surface area contributed by atoms with Crippen LogP contribution in [0.4, 0.5) is 4.39 Å². The van der Waals surface area contributed by atoms with Gasteiger partial charge in [0.15, 0.2) is 0 Å².